The Hall–Kier alpha value is -1.82. The van der Waals surface area contributed by atoms with Crippen LogP contribution in [0.4, 0.5) is 5.69 Å². The number of nitrogens with zero attached hydrogens (tertiary/aromatic N) is 3. The predicted molar refractivity (Wildman–Crippen MR) is 69.8 cm³/mol. The van der Waals surface area contributed by atoms with Gasteiger partial charge in [-0.25, -0.2) is 4.68 Å². The summed E-state index contributed by atoms with van der Waals surface area (Å²) in [4.78, 5) is 11.8. The molecule has 0 bridgehead atoms. The summed E-state index contributed by atoms with van der Waals surface area (Å²) in [6.07, 6.45) is 5.06. The van der Waals surface area contributed by atoms with Crippen molar-refractivity contribution < 1.29 is 0 Å². The number of nitrogens with one attached hydrogen (secondary N) is 2. The molecule has 2 N–H and O–H groups in total. The van der Waals surface area contributed by atoms with Crippen LogP contribution in [-0.2, 0) is 6.54 Å². The molecular formula is C11H14ClN5O. The average Bonchev–Trinajstić information content (AvgIpc) is 2.89. The van der Waals surface area contributed by atoms with Gasteiger partial charge in [0, 0.05) is 18.3 Å². The molecule has 7 heteroatoms. The van der Waals surface area contributed by atoms with E-state index in [0.29, 0.717) is 12.2 Å². The molecule has 18 heavy (non-hydrogen) atoms. The van der Waals surface area contributed by atoms with Crippen molar-refractivity contribution in [3.63, 3.8) is 0 Å². The van der Waals surface area contributed by atoms with Gasteiger partial charge in [-0.3, -0.25) is 9.89 Å². The van der Waals surface area contributed by atoms with E-state index in [-0.39, 0.29) is 16.6 Å². The molecule has 0 aliphatic heterocycles. The smallest absolute Gasteiger partial charge is 0.287 e. The Morgan fingerprint density at radius 2 is 2.33 bits per heavy atom. The first-order valence-electron chi connectivity index (χ1n) is 5.64. The van der Waals surface area contributed by atoms with Crippen molar-refractivity contribution >= 4 is 17.3 Å². The van der Waals surface area contributed by atoms with Crippen molar-refractivity contribution in [1.82, 2.24) is 20.0 Å². The monoisotopic (exact) mass is 267 g/mol. The Morgan fingerprint density at radius 3 is 2.94 bits per heavy atom. The lowest BCUT2D eigenvalue weighted by molar-refractivity contribution is 0.615. The van der Waals surface area contributed by atoms with Gasteiger partial charge < -0.3 is 5.32 Å². The molecule has 0 amide bonds. The predicted octanol–water partition coefficient (Wildman–Crippen LogP) is 1.81. The van der Waals surface area contributed by atoms with Gasteiger partial charge in [-0.2, -0.15) is 10.2 Å². The van der Waals surface area contributed by atoms with E-state index in [1.165, 1.54) is 4.68 Å². The summed E-state index contributed by atoms with van der Waals surface area (Å²) in [6.45, 7) is 4.29. The van der Waals surface area contributed by atoms with Crippen LogP contribution >= 0.6 is 11.6 Å². The number of halogens is 1. The lowest BCUT2D eigenvalue weighted by Crippen LogP contribution is -2.23. The third-order valence-corrected chi connectivity index (χ3v) is 3.04. The molecule has 96 valence electrons. The van der Waals surface area contributed by atoms with Gasteiger partial charge in [0.2, 0.25) is 0 Å². The summed E-state index contributed by atoms with van der Waals surface area (Å²) in [5.74, 6) is 0. The van der Waals surface area contributed by atoms with Crippen LogP contribution in [0.1, 0.15) is 25.5 Å². The highest BCUT2D eigenvalue weighted by Crippen LogP contribution is 2.21. The summed E-state index contributed by atoms with van der Waals surface area (Å²) in [6, 6.07) is -0.0140. The summed E-state index contributed by atoms with van der Waals surface area (Å²) in [7, 11) is 0. The fourth-order valence-electron chi connectivity index (χ4n) is 1.61. The van der Waals surface area contributed by atoms with Crippen LogP contribution in [0.3, 0.4) is 0 Å². The quantitative estimate of drug-likeness (QED) is 0.886. The number of rotatable bonds is 4. The Kier molecular flexibility index (Phi) is 3.66. The van der Waals surface area contributed by atoms with E-state index in [9.17, 15) is 4.79 Å². The first kappa shape index (κ1) is 12.6. The van der Waals surface area contributed by atoms with Crippen LogP contribution < -0.4 is 10.9 Å². The van der Waals surface area contributed by atoms with E-state index in [2.05, 4.69) is 20.6 Å². The van der Waals surface area contributed by atoms with Crippen molar-refractivity contribution in [2.45, 2.75) is 26.4 Å². The molecule has 0 saturated carbocycles. The molecule has 1 unspecified atom stereocenters. The Morgan fingerprint density at radius 1 is 1.56 bits per heavy atom. The second kappa shape index (κ2) is 5.22. The summed E-state index contributed by atoms with van der Waals surface area (Å²) >= 11 is 6.02. The summed E-state index contributed by atoms with van der Waals surface area (Å²) in [5, 5.41) is 13.9. The number of hydrogen-bond acceptors (Lipinski definition) is 4. The minimum atomic E-state index is -0.288. The molecule has 0 aromatic carbocycles. The van der Waals surface area contributed by atoms with E-state index >= 15 is 0 Å². The average molecular weight is 268 g/mol. The van der Waals surface area contributed by atoms with E-state index in [1.807, 2.05) is 13.8 Å². The molecule has 0 saturated heterocycles. The number of H-pyrrole nitrogens is 1. The number of anilines is 1. The van der Waals surface area contributed by atoms with Crippen LogP contribution in [0.5, 0.6) is 0 Å². The third kappa shape index (κ3) is 2.38. The highest BCUT2D eigenvalue weighted by molar-refractivity contribution is 6.32. The van der Waals surface area contributed by atoms with E-state index < -0.39 is 0 Å². The lowest BCUT2D eigenvalue weighted by atomic mass is 10.2. The Labute approximate surface area is 109 Å². The van der Waals surface area contributed by atoms with Gasteiger partial charge in [0.05, 0.1) is 24.1 Å². The van der Waals surface area contributed by atoms with Gasteiger partial charge >= 0.3 is 0 Å². The van der Waals surface area contributed by atoms with Crippen LogP contribution in [0.15, 0.2) is 23.4 Å². The summed E-state index contributed by atoms with van der Waals surface area (Å²) in [5.41, 5.74) is 1.22. The maximum absolute atomic E-state index is 11.8. The van der Waals surface area contributed by atoms with Gasteiger partial charge in [-0.15, -0.1) is 0 Å². The van der Waals surface area contributed by atoms with Gasteiger partial charge in [0.25, 0.3) is 5.56 Å². The SMILES string of the molecule is CCn1ncc(NC(C)c2cn[nH]c2)c(Cl)c1=O. The molecule has 0 aliphatic rings. The van der Waals surface area contributed by atoms with Crippen LogP contribution in [0.2, 0.25) is 5.02 Å². The number of aromatic amines is 1. The van der Waals surface area contributed by atoms with Crippen LogP contribution in [0.25, 0.3) is 0 Å². The van der Waals surface area contributed by atoms with Crippen LogP contribution in [-0.4, -0.2) is 20.0 Å². The third-order valence-electron chi connectivity index (χ3n) is 2.68. The Bertz CT molecular complexity index is 578. The zero-order valence-corrected chi connectivity index (χ0v) is 10.9. The first-order valence-corrected chi connectivity index (χ1v) is 6.02. The van der Waals surface area contributed by atoms with Gasteiger partial charge in [0.1, 0.15) is 5.02 Å². The van der Waals surface area contributed by atoms with Crippen molar-refractivity contribution in [3.05, 3.63) is 39.5 Å². The molecule has 2 rings (SSSR count). The first-order chi connectivity index (χ1) is 8.63. The molecule has 0 radical (unpaired) electrons. The zero-order chi connectivity index (χ0) is 13.1. The van der Waals surface area contributed by atoms with Gasteiger partial charge in [-0.05, 0) is 13.8 Å². The molecule has 0 spiro atoms. The molecule has 1 atom stereocenters. The number of aromatic nitrogens is 4. The Balaban J connectivity index is 2.25. The van der Waals surface area contributed by atoms with E-state index in [4.69, 9.17) is 11.6 Å². The molecule has 0 fully saturated rings. The second-order valence-corrected chi connectivity index (χ2v) is 4.27. The van der Waals surface area contributed by atoms with Crippen molar-refractivity contribution in [3.8, 4) is 0 Å². The van der Waals surface area contributed by atoms with Crippen LogP contribution in [0, 0.1) is 0 Å². The van der Waals surface area contributed by atoms with Crippen molar-refractivity contribution in [2.75, 3.05) is 5.32 Å². The molecule has 2 aromatic heterocycles. The van der Waals surface area contributed by atoms with E-state index in [0.717, 1.165) is 5.56 Å². The molecule has 0 aliphatic carbocycles. The minimum Gasteiger partial charge on any atom is -0.376 e. The molecule has 2 heterocycles. The largest absolute Gasteiger partial charge is 0.376 e. The normalized spacial score (nSPS) is 12.4. The molecule has 2 aromatic rings. The van der Waals surface area contributed by atoms with Crippen molar-refractivity contribution in [2.24, 2.45) is 0 Å². The topological polar surface area (TPSA) is 75.6 Å². The van der Waals surface area contributed by atoms with Gasteiger partial charge in [0.15, 0.2) is 0 Å². The summed E-state index contributed by atoms with van der Waals surface area (Å²) < 4.78 is 1.32. The lowest BCUT2D eigenvalue weighted by Gasteiger charge is -2.14. The number of hydrogen-bond donors (Lipinski definition) is 2. The highest BCUT2D eigenvalue weighted by Gasteiger charge is 2.12. The van der Waals surface area contributed by atoms with Crippen molar-refractivity contribution in [1.29, 1.82) is 0 Å². The standard InChI is InChI=1S/C11H14ClN5O/c1-3-17-11(18)10(12)9(6-15-17)16-7(2)8-4-13-14-5-8/h4-7,16H,3H2,1-2H3,(H,13,14). The van der Waals surface area contributed by atoms with E-state index in [1.54, 1.807) is 18.6 Å². The molecular weight excluding hydrogens is 254 g/mol. The number of aryl methyl sites for hydroxylation is 1. The second-order valence-electron chi connectivity index (χ2n) is 3.89. The minimum absolute atomic E-state index is 0.0140. The maximum atomic E-state index is 11.8. The highest BCUT2D eigenvalue weighted by atomic mass is 35.5. The fraction of sp³-hybridized carbons (Fsp3) is 0.364. The maximum Gasteiger partial charge on any atom is 0.287 e. The van der Waals surface area contributed by atoms with Gasteiger partial charge in [-0.1, -0.05) is 11.6 Å². The zero-order valence-electron chi connectivity index (χ0n) is 10.1. The molecule has 6 nitrogen and oxygen atoms in total. The fourth-order valence-corrected chi connectivity index (χ4v) is 1.81.